The quantitative estimate of drug-likeness (QED) is 0.716. The molecule has 0 spiro atoms. The second-order valence-electron chi connectivity index (χ2n) is 6.96. The van der Waals surface area contributed by atoms with Crippen LogP contribution in [0.2, 0.25) is 0 Å². The molecule has 1 saturated heterocycles. The summed E-state index contributed by atoms with van der Waals surface area (Å²) in [5.41, 5.74) is 0.963. The Balaban J connectivity index is 1.54. The predicted octanol–water partition coefficient (Wildman–Crippen LogP) is 1.83. The van der Waals surface area contributed by atoms with E-state index in [0.29, 0.717) is 43.9 Å². The smallest absolute Gasteiger partial charge is 0.287 e. The largest absolute Gasteiger partial charge is 0.353 e. The lowest BCUT2D eigenvalue weighted by Crippen LogP contribution is -2.49. The molecule has 0 bridgehead atoms. The van der Waals surface area contributed by atoms with Crippen LogP contribution in [-0.4, -0.2) is 63.8 Å². The number of carbonyl (C=O) groups excluding carboxylic acids is 2. The van der Waals surface area contributed by atoms with Crippen LogP contribution in [0, 0.1) is 0 Å². The molecule has 1 N–H and O–H groups in total. The Kier molecular flexibility index (Phi) is 5.41. The topological polar surface area (TPSA) is 82.8 Å². The van der Waals surface area contributed by atoms with E-state index >= 15 is 0 Å². The SMILES string of the molecule is CCCNC(=O)c1nc(C(=O)N2CCN(c3ccccn3)CC2)c2ccccn12. The second kappa shape index (κ2) is 8.30. The van der Waals surface area contributed by atoms with Crippen molar-refractivity contribution in [1.29, 1.82) is 0 Å². The van der Waals surface area contributed by atoms with Gasteiger partial charge in [-0.2, -0.15) is 0 Å². The molecule has 0 unspecified atom stereocenters. The maximum absolute atomic E-state index is 13.2. The van der Waals surface area contributed by atoms with Crippen molar-refractivity contribution in [2.45, 2.75) is 13.3 Å². The minimum absolute atomic E-state index is 0.149. The van der Waals surface area contributed by atoms with Crippen LogP contribution in [0.1, 0.15) is 34.5 Å². The van der Waals surface area contributed by atoms with E-state index in [1.807, 2.05) is 43.3 Å². The van der Waals surface area contributed by atoms with Gasteiger partial charge >= 0.3 is 0 Å². The summed E-state index contributed by atoms with van der Waals surface area (Å²) >= 11 is 0. The molecule has 2 amide bonds. The zero-order valence-corrected chi connectivity index (χ0v) is 16.4. The lowest BCUT2D eigenvalue weighted by atomic mass is 10.2. The van der Waals surface area contributed by atoms with Crippen LogP contribution in [0.3, 0.4) is 0 Å². The van der Waals surface area contributed by atoms with Gasteiger partial charge in [0.2, 0.25) is 5.82 Å². The van der Waals surface area contributed by atoms with Crippen molar-refractivity contribution in [2.24, 2.45) is 0 Å². The number of nitrogens with one attached hydrogen (secondary N) is 1. The van der Waals surface area contributed by atoms with E-state index in [1.165, 1.54) is 0 Å². The second-order valence-corrected chi connectivity index (χ2v) is 6.96. The first-order valence-electron chi connectivity index (χ1n) is 9.89. The average Bonchev–Trinajstić information content (AvgIpc) is 3.17. The number of carbonyl (C=O) groups is 2. The summed E-state index contributed by atoms with van der Waals surface area (Å²) in [5, 5.41) is 2.84. The molecule has 1 fully saturated rings. The molecule has 0 saturated carbocycles. The van der Waals surface area contributed by atoms with Gasteiger partial charge in [0.15, 0.2) is 5.69 Å². The third kappa shape index (κ3) is 3.78. The monoisotopic (exact) mass is 392 g/mol. The van der Waals surface area contributed by atoms with E-state index in [2.05, 4.69) is 20.2 Å². The van der Waals surface area contributed by atoms with Crippen LogP contribution in [0.25, 0.3) is 5.52 Å². The van der Waals surface area contributed by atoms with E-state index in [0.717, 1.165) is 12.2 Å². The van der Waals surface area contributed by atoms with Crippen molar-refractivity contribution >= 4 is 23.1 Å². The molecular formula is C21H24N6O2. The molecule has 1 aliphatic rings. The van der Waals surface area contributed by atoms with Gasteiger partial charge in [0, 0.05) is 45.1 Å². The maximum Gasteiger partial charge on any atom is 0.287 e. The number of pyridine rings is 2. The van der Waals surface area contributed by atoms with Gasteiger partial charge in [0.05, 0.1) is 5.52 Å². The summed E-state index contributed by atoms with van der Waals surface area (Å²) in [4.78, 5) is 38.5. The van der Waals surface area contributed by atoms with Gasteiger partial charge in [-0.3, -0.25) is 14.0 Å². The number of fused-ring (bicyclic) bond motifs is 1. The van der Waals surface area contributed by atoms with E-state index in [-0.39, 0.29) is 17.6 Å². The van der Waals surface area contributed by atoms with Gasteiger partial charge in [-0.25, -0.2) is 9.97 Å². The van der Waals surface area contributed by atoms with Crippen molar-refractivity contribution in [2.75, 3.05) is 37.6 Å². The van der Waals surface area contributed by atoms with Crippen LogP contribution in [0.15, 0.2) is 48.8 Å². The fourth-order valence-electron chi connectivity index (χ4n) is 3.50. The Morgan fingerprint density at radius 3 is 2.59 bits per heavy atom. The molecule has 150 valence electrons. The van der Waals surface area contributed by atoms with Crippen LogP contribution in [0.5, 0.6) is 0 Å². The van der Waals surface area contributed by atoms with Crippen molar-refractivity contribution < 1.29 is 9.59 Å². The fourth-order valence-corrected chi connectivity index (χ4v) is 3.50. The van der Waals surface area contributed by atoms with E-state index < -0.39 is 0 Å². The molecular weight excluding hydrogens is 368 g/mol. The van der Waals surface area contributed by atoms with Crippen molar-refractivity contribution in [3.8, 4) is 0 Å². The van der Waals surface area contributed by atoms with Gasteiger partial charge in [0.25, 0.3) is 11.8 Å². The first-order valence-corrected chi connectivity index (χ1v) is 9.89. The normalized spacial score (nSPS) is 14.2. The van der Waals surface area contributed by atoms with E-state index in [9.17, 15) is 9.59 Å². The van der Waals surface area contributed by atoms with Gasteiger partial charge in [0.1, 0.15) is 5.82 Å². The molecule has 0 radical (unpaired) electrons. The summed E-state index contributed by atoms with van der Waals surface area (Å²) in [5.74, 6) is 0.738. The van der Waals surface area contributed by atoms with Gasteiger partial charge in [-0.05, 0) is 30.7 Å². The molecule has 3 aromatic heterocycles. The van der Waals surface area contributed by atoms with Gasteiger partial charge < -0.3 is 15.1 Å². The highest BCUT2D eigenvalue weighted by atomic mass is 16.2. The van der Waals surface area contributed by atoms with Crippen LogP contribution in [0.4, 0.5) is 5.82 Å². The first kappa shape index (κ1) is 18.9. The summed E-state index contributed by atoms with van der Waals surface area (Å²) in [6.07, 6.45) is 4.37. The molecule has 8 nitrogen and oxygen atoms in total. The zero-order valence-electron chi connectivity index (χ0n) is 16.4. The molecule has 4 heterocycles. The Bertz CT molecular complexity index is 1010. The third-order valence-electron chi connectivity index (χ3n) is 5.03. The Labute approximate surface area is 169 Å². The lowest BCUT2D eigenvalue weighted by Gasteiger charge is -2.35. The fraction of sp³-hybridized carbons (Fsp3) is 0.333. The van der Waals surface area contributed by atoms with Crippen LogP contribution < -0.4 is 10.2 Å². The Hall–Kier alpha value is -3.42. The maximum atomic E-state index is 13.2. The summed E-state index contributed by atoms with van der Waals surface area (Å²) in [6.45, 7) is 5.14. The minimum Gasteiger partial charge on any atom is -0.353 e. The zero-order chi connectivity index (χ0) is 20.2. The molecule has 3 aromatic rings. The summed E-state index contributed by atoms with van der Waals surface area (Å²) in [7, 11) is 0. The molecule has 0 aliphatic carbocycles. The predicted molar refractivity (Wildman–Crippen MR) is 110 cm³/mol. The standard InChI is InChI=1S/C21H24N6O2/c1-2-9-23-20(28)19-24-18(16-7-4-6-11-27(16)19)21(29)26-14-12-25(13-15-26)17-8-3-5-10-22-17/h3-8,10-11H,2,9,12-15H2,1H3,(H,23,28). The summed E-state index contributed by atoms with van der Waals surface area (Å²) in [6, 6.07) is 11.3. The number of anilines is 1. The molecule has 1 aliphatic heterocycles. The lowest BCUT2D eigenvalue weighted by molar-refractivity contribution is 0.0743. The molecule has 29 heavy (non-hydrogen) atoms. The number of rotatable bonds is 5. The Morgan fingerprint density at radius 1 is 1.07 bits per heavy atom. The number of imidazole rings is 1. The first-order chi connectivity index (χ1) is 14.2. The molecule has 0 atom stereocenters. The molecule has 4 rings (SSSR count). The van der Waals surface area contributed by atoms with Gasteiger partial charge in [-0.15, -0.1) is 0 Å². The van der Waals surface area contributed by atoms with Crippen molar-refractivity contribution in [3.63, 3.8) is 0 Å². The van der Waals surface area contributed by atoms with Gasteiger partial charge in [-0.1, -0.05) is 19.1 Å². The summed E-state index contributed by atoms with van der Waals surface area (Å²) < 4.78 is 1.68. The van der Waals surface area contributed by atoms with Crippen LogP contribution in [-0.2, 0) is 0 Å². The molecule has 8 heteroatoms. The number of hydrogen-bond donors (Lipinski definition) is 1. The van der Waals surface area contributed by atoms with E-state index in [4.69, 9.17) is 0 Å². The highest BCUT2D eigenvalue weighted by Gasteiger charge is 2.27. The van der Waals surface area contributed by atoms with Crippen molar-refractivity contribution in [3.05, 3.63) is 60.3 Å². The van der Waals surface area contributed by atoms with Crippen molar-refractivity contribution in [1.82, 2.24) is 24.6 Å². The van der Waals surface area contributed by atoms with Crippen LogP contribution >= 0.6 is 0 Å². The van der Waals surface area contributed by atoms with E-state index in [1.54, 1.807) is 21.7 Å². The number of hydrogen-bond acceptors (Lipinski definition) is 5. The number of amides is 2. The molecule has 0 aromatic carbocycles. The third-order valence-corrected chi connectivity index (χ3v) is 5.03. The Morgan fingerprint density at radius 2 is 1.86 bits per heavy atom. The number of nitrogens with zero attached hydrogens (tertiary/aromatic N) is 5. The number of aromatic nitrogens is 3. The highest BCUT2D eigenvalue weighted by Crippen LogP contribution is 2.18. The minimum atomic E-state index is -0.271. The number of piperazine rings is 1. The highest BCUT2D eigenvalue weighted by molar-refractivity contribution is 6.02. The average molecular weight is 392 g/mol.